The standard InChI is InChI=1S/C12H9Cl2F2NO2S2/c1-6(7-2-3-8(15)9(16)4-7)17-21(18,19)10-5-11(13)20-12(10)14/h2-6,17H,1H3. The number of hydrogen-bond donors (Lipinski definition) is 1. The zero-order valence-electron chi connectivity index (χ0n) is 10.5. The first-order chi connectivity index (χ1) is 9.70. The minimum Gasteiger partial charge on any atom is -0.207 e. The lowest BCUT2D eigenvalue weighted by atomic mass is 10.1. The molecule has 114 valence electrons. The summed E-state index contributed by atoms with van der Waals surface area (Å²) in [5.74, 6) is -2.04. The quantitative estimate of drug-likeness (QED) is 0.866. The van der Waals surface area contributed by atoms with Crippen LogP contribution in [-0.4, -0.2) is 8.42 Å². The Bertz CT molecular complexity index is 778. The van der Waals surface area contributed by atoms with Crippen LogP contribution in [0.3, 0.4) is 0 Å². The summed E-state index contributed by atoms with van der Waals surface area (Å²) in [6, 6.07) is 3.64. The maximum atomic E-state index is 13.2. The minimum absolute atomic E-state index is 0.0324. The fourth-order valence-corrected chi connectivity index (χ4v) is 5.04. The Morgan fingerprint density at radius 3 is 2.38 bits per heavy atom. The average Bonchev–Trinajstić information content (AvgIpc) is 2.72. The molecule has 1 aromatic carbocycles. The molecule has 2 aromatic rings. The summed E-state index contributed by atoms with van der Waals surface area (Å²) in [6.07, 6.45) is 0. The van der Waals surface area contributed by atoms with Gasteiger partial charge in [0.15, 0.2) is 11.6 Å². The van der Waals surface area contributed by atoms with Gasteiger partial charge in [-0.1, -0.05) is 29.3 Å². The molecule has 9 heteroatoms. The van der Waals surface area contributed by atoms with Crippen molar-refractivity contribution >= 4 is 44.6 Å². The topological polar surface area (TPSA) is 46.2 Å². The van der Waals surface area contributed by atoms with Crippen LogP contribution in [0, 0.1) is 11.6 Å². The summed E-state index contributed by atoms with van der Waals surface area (Å²) >= 11 is 12.4. The molecule has 1 heterocycles. The van der Waals surface area contributed by atoms with Crippen molar-refractivity contribution in [1.82, 2.24) is 4.72 Å². The molecule has 0 aliphatic rings. The third-order valence-electron chi connectivity index (χ3n) is 2.69. The van der Waals surface area contributed by atoms with Gasteiger partial charge in [-0.15, -0.1) is 11.3 Å². The summed E-state index contributed by atoms with van der Waals surface area (Å²) in [4.78, 5) is -0.145. The Morgan fingerprint density at radius 2 is 1.86 bits per heavy atom. The molecule has 0 amide bonds. The van der Waals surface area contributed by atoms with Gasteiger partial charge in [0.2, 0.25) is 10.0 Å². The molecule has 0 saturated carbocycles. The normalized spacial score (nSPS) is 13.4. The molecule has 2 rings (SSSR count). The second-order valence-corrected chi connectivity index (χ2v) is 8.17. The average molecular weight is 372 g/mol. The van der Waals surface area contributed by atoms with Crippen LogP contribution in [0.4, 0.5) is 8.78 Å². The third kappa shape index (κ3) is 3.73. The predicted octanol–water partition coefficient (Wildman–Crippen LogP) is 4.37. The first-order valence-electron chi connectivity index (χ1n) is 5.63. The Labute approximate surface area is 134 Å². The first kappa shape index (κ1) is 16.6. The van der Waals surface area contributed by atoms with Crippen molar-refractivity contribution < 1.29 is 17.2 Å². The molecule has 0 saturated heterocycles. The van der Waals surface area contributed by atoms with Crippen LogP contribution < -0.4 is 4.72 Å². The zero-order chi connectivity index (χ0) is 15.8. The van der Waals surface area contributed by atoms with E-state index in [2.05, 4.69) is 4.72 Å². The monoisotopic (exact) mass is 371 g/mol. The van der Waals surface area contributed by atoms with E-state index >= 15 is 0 Å². The summed E-state index contributed by atoms with van der Waals surface area (Å²) < 4.78 is 53.0. The number of rotatable bonds is 4. The van der Waals surface area contributed by atoms with Gasteiger partial charge >= 0.3 is 0 Å². The largest absolute Gasteiger partial charge is 0.243 e. The summed E-state index contributed by atoms with van der Waals surface area (Å²) in [5, 5.41) is 0. The van der Waals surface area contributed by atoms with Crippen molar-refractivity contribution in [3.05, 3.63) is 50.1 Å². The van der Waals surface area contributed by atoms with Gasteiger partial charge in [0, 0.05) is 6.04 Å². The Morgan fingerprint density at radius 1 is 1.19 bits per heavy atom. The minimum atomic E-state index is -3.91. The molecule has 1 aromatic heterocycles. The maximum Gasteiger partial charge on any atom is 0.243 e. The van der Waals surface area contributed by atoms with E-state index in [-0.39, 0.29) is 19.1 Å². The van der Waals surface area contributed by atoms with Gasteiger partial charge in [-0.05, 0) is 30.7 Å². The van der Waals surface area contributed by atoms with Crippen LogP contribution in [-0.2, 0) is 10.0 Å². The molecule has 0 bridgehead atoms. The molecule has 21 heavy (non-hydrogen) atoms. The molecule has 0 spiro atoms. The number of thiophene rings is 1. The lowest BCUT2D eigenvalue weighted by molar-refractivity contribution is 0.504. The van der Waals surface area contributed by atoms with E-state index < -0.39 is 27.7 Å². The summed E-state index contributed by atoms with van der Waals surface area (Å²) in [6.45, 7) is 1.51. The van der Waals surface area contributed by atoms with Gasteiger partial charge in [0.25, 0.3) is 0 Å². The van der Waals surface area contributed by atoms with E-state index in [1.165, 1.54) is 19.1 Å². The van der Waals surface area contributed by atoms with Crippen LogP contribution >= 0.6 is 34.5 Å². The fraction of sp³-hybridized carbons (Fsp3) is 0.167. The van der Waals surface area contributed by atoms with Crippen molar-refractivity contribution in [2.45, 2.75) is 17.9 Å². The Balaban J connectivity index is 2.27. The molecule has 1 unspecified atom stereocenters. The van der Waals surface area contributed by atoms with Gasteiger partial charge in [-0.25, -0.2) is 21.9 Å². The van der Waals surface area contributed by atoms with Crippen molar-refractivity contribution in [3.8, 4) is 0 Å². The van der Waals surface area contributed by atoms with Gasteiger partial charge in [0.1, 0.15) is 9.23 Å². The molecule has 0 aliphatic heterocycles. The lowest BCUT2D eigenvalue weighted by Crippen LogP contribution is -2.26. The predicted molar refractivity (Wildman–Crippen MR) is 79.4 cm³/mol. The van der Waals surface area contributed by atoms with E-state index in [0.29, 0.717) is 0 Å². The highest BCUT2D eigenvalue weighted by Gasteiger charge is 2.24. The molecule has 0 fully saturated rings. The van der Waals surface area contributed by atoms with Crippen molar-refractivity contribution in [1.29, 1.82) is 0 Å². The molecule has 0 radical (unpaired) electrons. The molecule has 3 nitrogen and oxygen atoms in total. The van der Waals surface area contributed by atoms with E-state index in [0.717, 1.165) is 23.5 Å². The van der Waals surface area contributed by atoms with Crippen LogP contribution in [0.5, 0.6) is 0 Å². The van der Waals surface area contributed by atoms with Gasteiger partial charge in [-0.2, -0.15) is 0 Å². The highest BCUT2D eigenvalue weighted by Crippen LogP contribution is 2.34. The van der Waals surface area contributed by atoms with Gasteiger partial charge < -0.3 is 0 Å². The van der Waals surface area contributed by atoms with Gasteiger partial charge in [0.05, 0.1) is 4.34 Å². The summed E-state index contributed by atoms with van der Waals surface area (Å²) in [7, 11) is -3.91. The second kappa shape index (κ2) is 6.18. The Hall–Kier alpha value is -0.730. The molecular formula is C12H9Cl2F2NO2S2. The third-order valence-corrected chi connectivity index (χ3v) is 5.98. The highest BCUT2D eigenvalue weighted by atomic mass is 35.5. The van der Waals surface area contributed by atoms with E-state index in [9.17, 15) is 17.2 Å². The maximum absolute atomic E-state index is 13.2. The van der Waals surface area contributed by atoms with Crippen LogP contribution in [0.2, 0.25) is 8.67 Å². The molecule has 1 atom stereocenters. The van der Waals surface area contributed by atoms with Crippen molar-refractivity contribution in [3.63, 3.8) is 0 Å². The van der Waals surface area contributed by atoms with Crippen LogP contribution in [0.15, 0.2) is 29.2 Å². The number of hydrogen-bond acceptors (Lipinski definition) is 3. The molecule has 1 N–H and O–H groups in total. The van der Waals surface area contributed by atoms with Crippen molar-refractivity contribution in [2.75, 3.05) is 0 Å². The number of halogens is 4. The SMILES string of the molecule is CC(NS(=O)(=O)c1cc(Cl)sc1Cl)c1ccc(F)c(F)c1. The summed E-state index contributed by atoms with van der Waals surface area (Å²) in [5.41, 5.74) is 0.287. The highest BCUT2D eigenvalue weighted by molar-refractivity contribution is 7.89. The lowest BCUT2D eigenvalue weighted by Gasteiger charge is -2.14. The molecule has 0 aliphatic carbocycles. The smallest absolute Gasteiger partial charge is 0.207 e. The first-order valence-corrected chi connectivity index (χ1v) is 8.68. The Kier molecular flexibility index (Phi) is 4.89. The van der Waals surface area contributed by atoms with E-state index in [1.54, 1.807) is 0 Å². The van der Waals surface area contributed by atoms with Crippen LogP contribution in [0.1, 0.15) is 18.5 Å². The fourth-order valence-electron chi connectivity index (χ4n) is 1.65. The van der Waals surface area contributed by atoms with E-state index in [4.69, 9.17) is 23.2 Å². The number of sulfonamides is 1. The number of nitrogens with one attached hydrogen (secondary N) is 1. The molecular weight excluding hydrogens is 363 g/mol. The van der Waals surface area contributed by atoms with Crippen LogP contribution in [0.25, 0.3) is 0 Å². The van der Waals surface area contributed by atoms with E-state index in [1.807, 2.05) is 0 Å². The second-order valence-electron chi connectivity index (χ2n) is 4.20. The van der Waals surface area contributed by atoms with Gasteiger partial charge in [-0.3, -0.25) is 0 Å². The zero-order valence-corrected chi connectivity index (χ0v) is 13.7. The van der Waals surface area contributed by atoms with Crippen molar-refractivity contribution in [2.24, 2.45) is 0 Å². The number of benzene rings is 1.